The fraction of sp³-hybridized carbons (Fsp3) is 0.318. The molecule has 1 amide bonds. The Morgan fingerprint density at radius 3 is 2.41 bits per heavy atom. The third-order valence-corrected chi connectivity index (χ3v) is 5.18. The Balaban J connectivity index is 2.06. The zero-order valence-corrected chi connectivity index (χ0v) is 16.5. The van der Waals surface area contributed by atoms with Crippen molar-refractivity contribution in [2.75, 3.05) is 26.2 Å². The highest BCUT2D eigenvalue weighted by Crippen LogP contribution is 2.38. The largest absolute Gasteiger partial charge is 0.507 e. The second-order valence-electron chi connectivity index (χ2n) is 6.78. The number of carbonyl (C=O) groups is 2. The molecule has 0 saturated carbocycles. The van der Waals surface area contributed by atoms with Crippen LogP contribution in [0.4, 0.5) is 4.39 Å². The Morgan fingerprint density at radius 2 is 1.83 bits per heavy atom. The standard InChI is InChI=1S/C22H24FN3O3/c1-3-25(4-2)13-14-26-19(17-7-5-6-12-24-17)18(21(28)22(26)29)20(27)15-8-10-16(23)11-9-15/h5-12,19,27H,3-4,13-14H2,1-2H3/t19-/m1/s1. The van der Waals surface area contributed by atoms with Gasteiger partial charge in [-0.25, -0.2) is 4.39 Å². The Bertz CT molecular complexity index is 909. The van der Waals surface area contributed by atoms with Crippen molar-refractivity contribution in [1.29, 1.82) is 0 Å². The number of hydrogen-bond donors (Lipinski definition) is 1. The summed E-state index contributed by atoms with van der Waals surface area (Å²) in [6.07, 6.45) is 1.58. The summed E-state index contributed by atoms with van der Waals surface area (Å²) in [7, 11) is 0. The minimum Gasteiger partial charge on any atom is -0.507 e. The van der Waals surface area contributed by atoms with E-state index in [1.165, 1.54) is 29.2 Å². The molecule has 3 rings (SSSR count). The Morgan fingerprint density at radius 1 is 1.14 bits per heavy atom. The van der Waals surface area contributed by atoms with Crippen LogP contribution in [-0.4, -0.2) is 57.8 Å². The predicted octanol–water partition coefficient (Wildman–Crippen LogP) is 2.98. The van der Waals surface area contributed by atoms with Gasteiger partial charge < -0.3 is 14.9 Å². The summed E-state index contributed by atoms with van der Waals surface area (Å²) in [5.41, 5.74) is 0.740. The lowest BCUT2D eigenvalue weighted by molar-refractivity contribution is -0.140. The van der Waals surface area contributed by atoms with Gasteiger partial charge in [-0.1, -0.05) is 19.9 Å². The summed E-state index contributed by atoms with van der Waals surface area (Å²) in [5.74, 6) is -2.22. The molecule has 0 bridgehead atoms. The van der Waals surface area contributed by atoms with E-state index >= 15 is 0 Å². The number of aromatic nitrogens is 1. The van der Waals surface area contributed by atoms with Gasteiger partial charge in [0.15, 0.2) is 0 Å². The highest BCUT2D eigenvalue weighted by molar-refractivity contribution is 6.46. The predicted molar refractivity (Wildman–Crippen MR) is 107 cm³/mol. The van der Waals surface area contributed by atoms with Crippen LogP contribution in [0.3, 0.4) is 0 Å². The average molecular weight is 397 g/mol. The topological polar surface area (TPSA) is 73.7 Å². The number of likely N-dealkylation sites (N-methyl/N-ethyl adjacent to an activating group) is 1. The molecule has 1 fully saturated rings. The molecule has 6 nitrogen and oxygen atoms in total. The summed E-state index contributed by atoms with van der Waals surface area (Å²) < 4.78 is 13.3. The van der Waals surface area contributed by atoms with Crippen molar-refractivity contribution in [3.63, 3.8) is 0 Å². The number of rotatable bonds is 7. The number of aliphatic hydroxyl groups excluding tert-OH is 1. The maximum Gasteiger partial charge on any atom is 0.295 e. The number of carbonyl (C=O) groups excluding carboxylic acids is 2. The molecule has 2 aromatic rings. The molecule has 7 heteroatoms. The number of ketones is 1. The Labute approximate surface area is 169 Å². The summed E-state index contributed by atoms with van der Waals surface area (Å²) >= 11 is 0. The fourth-order valence-electron chi connectivity index (χ4n) is 3.51. The second kappa shape index (κ2) is 8.96. The first kappa shape index (κ1) is 20.7. The molecule has 1 N–H and O–H groups in total. The van der Waals surface area contributed by atoms with Crippen molar-refractivity contribution in [3.8, 4) is 0 Å². The van der Waals surface area contributed by atoms with Crippen LogP contribution in [-0.2, 0) is 9.59 Å². The molecule has 0 aliphatic carbocycles. The maximum absolute atomic E-state index is 13.3. The third-order valence-electron chi connectivity index (χ3n) is 5.18. The molecule has 1 atom stereocenters. The lowest BCUT2D eigenvalue weighted by Crippen LogP contribution is -2.38. The molecule has 1 aliphatic rings. The van der Waals surface area contributed by atoms with E-state index in [1.54, 1.807) is 24.4 Å². The smallest absolute Gasteiger partial charge is 0.295 e. The lowest BCUT2D eigenvalue weighted by Gasteiger charge is -2.27. The van der Waals surface area contributed by atoms with E-state index in [9.17, 15) is 19.1 Å². The van der Waals surface area contributed by atoms with Crippen molar-refractivity contribution in [2.24, 2.45) is 0 Å². The molecule has 0 radical (unpaired) electrons. The zero-order valence-electron chi connectivity index (χ0n) is 16.5. The van der Waals surface area contributed by atoms with Gasteiger partial charge >= 0.3 is 0 Å². The SMILES string of the molecule is CCN(CC)CCN1C(=O)C(=O)C(=C(O)c2ccc(F)cc2)[C@H]1c1ccccn1. The monoisotopic (exact) mass is 397 g/mol. The summed E-state index contributed by atoms with van der Waals surface area (Å²) in [6.45, 7) is 6.63. The van der Waals surface area contributed by atoms with Gasteiger partial charge in [-0.15, -0.1) is 0 Å². The molecule has 0 spiro atoms. The number of amides is 1. The van der Waals surface area contributed by atoms with Crippen LogP contribution in [0.25, 0.3) is 5.76 Å². The number of hydrogen-bond acceptors (Lipinski definition) is 5. The van der Waals surface area contributed by atoms with Gasteiger partial charge in [0, 0.05) is 24.8 Å². The van der Waals surface area contributed by atoms with E-state index in [4.69, 9.17) is 0 Å². The molecule has 152 valence electrons. The number of pyridine rings is 1. The van der Waals surface area contributed by atoms with Crippen molar-refractivity contribution >= 4 is 17.4 Å². The Hall–Kier alpha value is -3.06. The van der Waals surface area contributed by atoms with E-state index in [-0.39, 0.29) is 16.9 Å². The van der Waals surface area contributed by atoms with E-state index in [0.717, 1.165) is 13.1 Å². The zero-order chi connectivity index (χ0) is 21.0. The molecular formula is C22H24FN3O3. The molecule has 1 aromatic heterocycles. The van der Waals surface area contributed by atoms with E-state index in [0.29, 0.717) is 18.8 Å². The number of likely N-dealkylation sites (tertiary alicyclic amines) is 1. The number of Topliss-reactive ketones (excluding diaryl/α,β-unsaturated/α-hetero) is 1. The van der Waals surface area contributed by atoms with E-state index in [2.05, 4.69) is 9.88 Å². The normalized spacial score (nSPS) is 18.6. The van der Waals surface area contributed by atoms with Crippen molar-refractivity contribution in [3.05, 3.63) is 71.3 Å². The van der Waals surface area contributed by atoms with Gasteiger partial charge in [-0.2, -0.15) is 0 Å². The average Bonchev–Trinajstić information content (AvgIpc) is 3.00. The first-order valence-corrected chi connectivity index (χ1v) is 9.65. The quantitative estimate of drug-likeness (QED) is 0.442. The van der Waals surface area contributed by atoms with Crippen molar-refractivity contribution in [1.82, 2.24) is 14.8 Å². The first-order chi connectivity index (χ1) is 14.0. The van der Waals surface area contributed by atoms with Crippen molar-refractivity contribution < 1.29 is 19.1 Å². The van der Waals surface area contributed by atoms with E-state index < -0.39 is 23.5 Å². The van der Waals surface area contributed by atoms with Crippen LogP contribution in [0.2, 0.25) is 0 Å². The van der Waals surface area contributed by atoms with Crippen LogP contribution in [0.15, 0.2) is 54.2 Å². The fourth-order valence-corrected chi connectivity index (χ4v) is 3.51. The molecule has 0 unspecified atom stereocenters. The van der Waals surface area contributed by atoms with Gasteiger partial charge in [0.05, 0.1) is 11.3 Å². The second-order valence-corrected chi connectivity index (χ2v) is 6.78. The van der Waals surface area contributed by atoms with Crippen LogP contribution in [0.1, 0.15) is 31.1 Å². The minimum atomic E-state index is -0.795. The van der Waals surface area contributed by atoms with Crippen LogP contribution in [0.5, 0.6) is 0 Å². The number of nitrogens with zero attached hydrogens (tertiary/aromatic N) is 3. The van der Waals surface area contributed by atoms with Crippen molar-refractivity contribution in [2.45, 2.75) is 19.9 Å². The lowest BCUT2D eigenvalue weighted by atomic mass is 9.98. The van der Waals surface area contributed by atoms with Gasteiger partial charge in [-0.05, 0) is 49.5 Å². The van der Waals surface area contributed by atoms with E-state index in [1.807, 2.05) is 13.8 Å². The molecule has 1 saturated heterocycles. The van der Waals surface area contributed by atoms with Gasteiger partial charge in [0.25, 0.3) is 11.7 Å². The van der Waals surface area contributed by atoms with Crippen LogP contribution in [0, 0.1) is 5.82 Å². The summed E-state index contributed by atoms with van der Waals surface area (Å²) in [6, 6.07) is 9.59. The van der Waals surface area contributed by atoms with Gasteiger partial charge in [-0.3, -0.25) is 14.6 Å². The molecular weight excluding hydrogens is 373 g/mol. The number of aliphatic hydroxyl groups is 1. The van der Waals surface area contributed by atoms with Gasteiger partial charge in [0.1, 0.15) is 17.6 Å². The minimum absolute atomic E-state index is 0.0279. The molecule has 1 aliphatic heterocycles. The first-order valence-electron chi connectivity index (χ1n) is 9.65. The number of benzene rings is 1. The molecule has 2 heterocycles. The summed E-state index contributed by atoms with van der Waals surface area (Å²) in [4.78, 5) is 33.6. The number of halogens is 1. The van der Waals surface area contributed by atoms with Crippen LogP contribution >= 0.6 is 0 Å². The molecule has 1 aromatic carbocycles. The van der Waals surface area contributed by atoms with Crippen LogP contribution < -0.4 is 0 Å². The highest BCUT2D eigenvalue weighted by atomic mass is 19.1. The maximum atomic E-state index is 13.3. The Kier molecular flexibility index (Phi) is 6.39. The van der Waals surface area contributed by atoms with Gasteiger partial charge in [0.2, 0.25) is 0 Å². The molecule has 29 heavy (non-hydrogen) atoms. The highest BCUT2D eigenvalue weighted by Gasteiger charge is 2.46. The third kappa shape index (κ3) is 4.19. The summed E-state index contributed by atoms with van der Waals surface area (Å²) in [5, 5.41) is 10.8.